The summed E-state index contributed by atoms with van der Waals surface area (Å²) in [6, 6.07) is 8.59. The summed E-state index contributed by atoms with van der Waals surface area (Å²) in [6.45, 7) is 12.3. The summed E-state index contributed by atoms with van der Waals surface area (Å²) in [5.74, 6) is 0.906. The van der Waals surface area contributed by atoms with Crippen LogP contribution < -0.4 is 10.6 Å². The number of likely N-dealkylation sites (tertiary alicyclic amines) is 1. The number of amides is 1. The second kappa shape index (κ2) is 15.4. The Balaban J connectivity index is 0.00000480. The molecule has 0 aromatic heterocycles. The van der Waals surface area contributed by atoms with Crippen LogP contribution in [0.25, 0.3) is 0 Å². The molecule has 1 fully saturated rings. The van der Waals surface area contributed by atoms with Gasteiger partial charge in [0.05, 0.1) is 12.6 Å². The molecule has 0 unspecified atom stereocenters. The number of rotatable bonds is 10. The van der Waals surface area contributed by atoms with Gasteiger partial charge in [0.2, 0.25) is 5.91 Å². The van der Waals surface area contributed by atoms with Gasteiger partial charge < -0.3 is 20.6 Å². The number of benzene rings is 1. The average molecular weight is 546 g/mol. The maximum Gasteiger partial charge on any atom is 0.224 e. The number of carbonyl (C=O) groups excluding carboxylic acids is 1. The number of hydrogen-bond acceptors (Lipinski definition) is 4. The van der Waals surface area contributed by atoms with Gasteiger partial charge >= 0.3 is 0 Å². The second-order valence-electron chi connectivity index (χ2n) is 7.76. The largest absolute Gasteiger partial charge is 0.393 e. The fourth-order valence-electron chi connectivity index (χ4n) is 3.62. The van der Waals surface area contributed by atoms with Gasteiger partial charge in [-0.1, -0.05) is 24.3 Å². The molecule has 2 rings (SSSR count). The van der Waals surface area contributed by atoms with Crippen molar-refractivity contribution in [1.82, 2.24) is 20.4 Å². The molecule has 1 heterocycles. The van der Waals surface area contributed by atoms with Crippen LogP contribution >= 0.6 is 24.0 Å². The number of aliphatic hydroxyl groups excluding tert-OH is 1. The van der Waals surface area contributed by atoms with Gasteiger partial charge in [0.15, 0.2) is 5.96 Å². The Hall–Kier alpha value is -1.39. The predicted octanol–water partition coefficient (Wildman–Crippen LogP) is 2.57. The lowest BCUT2D eigenvalue weighted by Crippen LogP contribution is -2.40. The summed E-state index contributed by atoms with van der Waals surface area (Å²) >= 11 is 0. The monoisotopic (exact) mass is 545 g/mol. The van der Waals surface area contributed by atoms with E-state index in [1.54, 1.807) is 0 Å². The molecule has 176 valence electrons. The van der Waals surface area contributed by atoms with Crippen molar-refractivity contribution < 1.29 is 9.90 Å². The Kier molecular flexibility index (Phi) is 13.7. The minimum Gasteiger partial charge on any atom is -0.393 e. The molecule has 1 amide bonds. The Bertz CT molecular complexity index is 656. The Morgan fingerprint density at radius 2 is 1.71 bits per heavy atom. The molecule has 1 saturated heterocycles. The molecule has 8 heteroatoms. The number of aliphatic imine (C=N–C) groups is 1. The van der Waals surface area contributed by atoms with Crippen molar-refractivity contribution in [1.29, 1.82) is 0 Å². The number of aliphatic hydroxyl groups is 1. The zero-order valence-electron chi connectivity index (χ0n) is 19.3. The lowest BCUT2D eigenvalue weighted by molar-refractivity contribution is -0.130. The van der Waals surface area contributed by atoms with E-state index in [2.05, 4.69) is 44.8 Å². The average Bonchev–Trinajstić information content (AvgIpc) is 2.75. The van der Waals surface area contributed by atoms with Gasteiger partial charge in [0.25, 0.3) is 0 Å². The third-order valence-corrected chi connectivity index (χ3v) is 5.50. The quantitative estimate of drug-likeness (QED) is 0.239. The number of guanidine groups is 1. The molecule has 0 bridgehead atoms. The van der Waals surface area contributed by atoms with E-state index in [0.717, 1.165) is 63.6 Å². The fraction of sp³-hybridized carbons (Fsp3) is 0.652. The van der Waals surface area contributed by atoms with Crippen LogP contribution in [0.15, 0.2) is 29.3 Å². The lowest BCUT2D eigenvalue weighted by Gasteiger charge is -2.29. The number of halogens is 1. The third-order valence-electron chi connectivity index (χ3n) is 5.50. The maximum absolute atomic E-state index is 12.1. The number of nitrogens with zero attached hydrogens (tertiary/aromatic N) is 3. The van der Waals surface area contributed by atoms with E-state index in [9.17, 15) is 9.90 Å². The van der Waals surface area contributed by atoms with E-state index in [4.69, 9.17) is 0 Å². The van der Waals surface area contributed by atoms with Crippen molar-refractivity contribution in [3.63, 3.8) is 0 Å². The SMILES string of the molecule is CCNC(=NCc1ccc(CN2CCC(O)CC2)cc1)NCCC(=O)N(CC)CC.I. The van der Waals surface area contributed by atoms with Gasteiger partial charge in [0.1, 0.15) is 0 Å². The molecule has 1 aromatic rings. The number of nitrogens with one attached hydrogen (secondary N) is 2. The first-order valence-electron chi connectivity index (χ1n) is 11.3. The van der Waals surface area contributed by atoms with Gasteiger partial charge in [-0.2, -0.15) is 0 Å². The Morgan fingerprint density at radius 3 is 2.29 bits per heavy atom. The van der Waals surface area contributed by atoms with Crippen LogP contribution in [0, 0.1) is 0 Å². The van der Waals surface area contributed by atoms with Gasteiger partial charge in [-0.15, -0.1) is 24.0 Å². The lowest BCUT2D eigenvalue weighted by atomic mass is 10.1. The molecule has 1 aliphatic rings. The first-order chi connectivity index (χ1) is 14.5. The standard InChI is InChI=1S/C23H39N5O2.HI/c1-4-24-23(25-14-11-22(30)28(5-2)6-3)26-17-19-7-9-20(10-8-19)18-27-15-12-21(29)13-16-27;/h7-10,21,29H,4-6,11-18H2,1-3H3,(H2,24,25,26);1H. The van der Waals surface area contributed by atoms with Crippen molar-refractivity contribution in [3.8, 4) is 0 Å². The van der Waals surface area contributed by atoms with Crippen molar-refractivity contribution in [2.45, 2.75) is 59.2 Å². The Morgan fingerprint density at radius 1 is 1.10 bits per heavy atom. The van der Waals surface area contributed by atoms with E-state index in [-0.39, 0.29) is 36.0 Å². The summed E-state index contributed by atoms with van der Waals surface area (Å²) in [4.78, 5) is 21.0. The van der Waals surface area contributed by atoms with Crippen molar-refractivity contribution >= 4 is 35.8 Å². The van der Waals surface area contributed by atoms with Crippen molar-refractivity contribution in [2.75, 3.05) is 39.3 Å². The van der Waals surface area contributed by atoms with E-state index >= 15 is 0 Å². The zero-order valence-corrected chi connectivity index (χ0v) is 21.6. The van der Waals surface area contributed by atoms with Crippen LogP contribution in [0.1, 0.15) is 51.2 Å². The van der Waals surface area contributed by atoms with Crippen LogP contribution in [0.3, 0.4) is 0 Å². The molecule has 0 radical (unpaired) electrons. The van der Waals surface area contributed by atoms with Crippen molar-refractivity contribution in [2.24, 2.45) is 4.99 Å². The highest BCUT2D eigenvalue weighted by molar-refractivity contribution is 14.0. The second-order valence-corrected chi connectivity index (χ2v) is 7.76. The highest BCUT2D eigenvalue weighted by Gasteiger charge is 2.16. The van der Waals surface area contributed by atoms with Gasteiger partial charge in [-0.25, -0.2) is 4.99 Å². The fourth-order valence-corrected chi connectivity index (χ4v) is 3.62. The first kappa shape index (κ1) is 27.6. The molecule has 0 saturated carbocycles. The molecule has 3 N–H and O–H groups in total. The smallest absolute Gasteiger partial charge is 0.224 e. The summed E-state index contributed by atoms with van der Waals surface area (Å²) in [7, 11) is 0. The third kappa shape index (κ3) is 10.2. The highest BCUT2D eigenvalue weighted by Crippen LogP contribution is 2.14. The highest BCUT2D eigenvalue weighted by atomic mass is 127. The molecule has 1 aliphatic heterocycles. The van der Waals surface area contributed by atoms with E-state index in [0.29, 0.717) is 19.5 Å². The normalized spacial score (nSPS) is 15.3. The van der Waals surface area contributed by atoms with Crippen LogP contribution in [-0.4, -0.2) is 72.1 Å². The number of piperidine rings is 1. The minimum atomic E-state index is -0.128. The van der Waals surface area contributed by atoms with Crippen molar-refractivity contribution in [3.05, 3.63) is 35.4 Å². The molecule has 7 nitrogen and oxygen atoms in total. The number of hydrogen-bond donors (Lipinski definition) is 3. The first-order valence-corrected chi connectivity index (χ1v) is 11.3. The summed E-state index contributed by atoms with van der Waals surface area (Å²) in [5.41, 5.74) is 2.45. The van der Waals surface area contributed by atoms with Crippen LogP contribution in [-0.2, 0) is 17.9 Å². The summed E-state index contributed by atoms with van der Waals surface area (Å²) in [5, 5.41) is 16.1. The molecule has 0 atom stereocenters. The van der Waals surface area contributed by atoms with Gasteiger partial charge in [0, 0.05) is 52.2 Å². The van der Waals surface area contributed by atoms with E-state index < -0.39 is 0 Å². The van der Waals surface area contributed by atoms with Gasteiger partial charge in [-0.05, 0) is 44.7 Å². The molecule has 0 spiro atoms. The summed E-state index contributed by atoms with van der Waals surface area (Å²) < 4.78 is 0. The van der Waals surface area contributed by atoms with Crippen LogP contribution in [0.2, 0.25) is 0 Å². The Labute approximate surface area is 204 Å². The molecule has 31 heavy (non-hydrogen) atoms. The topological polar surface area (TPSA) is 80.2 Å². The van der Waals surface area contributed by atoms with Crippen LogP contribution in [0.4, 0.5) is 0 Å². The van der Waals surface area contributed by atoms with E-state index in [1.807, 2.05) is 25.7 Å². The van der Waals surface area contributed by atoms with Gasteiger partial charge in [-0.3, -0.25) is 9.69 Å². The number of carbonyl (C=O) groups is 1. The maximum atomic E-state index is 12.1. The molecular weight excluding hydrogens is 505 g/mol. The molecule has 0 aliphatic carbocycles. The van der Waals surface area contributed by atoms with E-state index in [1.165, 1.54) is 5.56 Å². The zero-order chi connectivity index (χ0) is 21.8. The minimum absolute atomic E-state index is 0. The predicted molar refractivity (Wildman–Crippen MR) is 138 cm³/mol. The summed E-state index contributed by atoms with van der Waals surface area (Å²) in [6.07, 6.45) is 2.08. The molecule has 1 aromatic carbocycles. The molecular formula is C23H40IN5O2. The van der Waals surface area contributed by atoms with Crippen LogP contribution in [0.5, 0.6) is 0 Å².